The van der Waals surface area contributed by atoms with E-state index in [1.54, 1.807) is 29.8 Å². The van der Waals surface area contributed by atoms with Gasteiger partial charge in [0.1, 0.15) is 5.76 Å². The molecule has 0 saturated carbocycles. The van der Waals surface area contributed by atoms with E-state index < -0.39 is 12.0 Å². The van der Waals surface area contributed by atoms with E-state index in [-0.39, 0.29) is 12.6 Å². The summed E-state index contributed by atoms with van der Waals surface area (Å²) in [5, 5.41) is 2.96. The van der Waals surface area contributed by atoms with Crippen molar-refractivity contribution < 1.29 is 18.7 Å². The lowest BCUT2D eigenvalue weighted by Crippen LogP contribution is -2.49. The predicted octanol–water partition coefficient (Wildman–Crippen LogP) is 4.12. The van der Waals surface area contributed by atoms with Crippen molar-refractivity contribution in [2.24, 2.45) is 0 Å². The monoisotopic (exact) mass is 400 g/mol. The van der Waals surface area contributed by atoms with Gasteiger partial charge in [-0.1, -0.05) is 30.3 Å². The molecule has 1 aliphatic rings. The summed E-state index contributed by atoms with van der Waals surface area (Å²) in [4.78, 5) is 27.2. The van der Waals surface area contributed by atoms with Gasteiger partial charge in [-0.25, -0.2) is 9.59 Å². The molecule has 0 spiro atoms. The highest BCUT2D eigenvalue weighted by Gasteiger charge is 2.37. The number of hydrogen-bond donors (Lipinski definition) is 1. The highest BCUT2D eigenvalue weighted by atomic mass is 32.2. The van der Waals surface area contributed by atoms with Gasteiger partial charge in [0.25, 0.3) is 0 Å². The van der Waals surface area contributed by atoms with Gasteiger partial charge in [0, 0.05) is 18.0 Å². The summed E-state index contributed by atoms with van der Waals surface area (Å²) in [5.41, 5.74) is 2.03. The molecule has 1 aromatic heterocycles. The Hall–Kier alpha value is -2.67. The average Bonchev–Trinajstić information content (AvgIpc) is 3.22. The van der Waals surface area contributed by atoms with Crippen LogP contribution in [0.1, 0.15) is 31.2 Å². The molecule has 2 amide bonds. The zero-order chi connectivity index (χ0) is 19.9. The Kier molecular flexibility index (Phi) is 6.81. The molecular formula is C21H24N2O4S. The summed E-state index contributed by atoms with van der Waals surface area (Å²) in [5.74, 6) is 1.61. The van der Waals surface area contributed by atoms with E-state index in [0.29, 0.717) is 29.3 Å². The van der Waals surface area contributed by atoms with Crippen LogP contribution in [0.15, 0.2) is 64.4 Å². The van der Waals surface area contributed by atoms with Crippen LogP contribution in [0.4, 0.5) is 4.79 Å². The Morgan fingerprint density at radius 3 is 2.61 bits per heavy atom. The number of furan rings is 1. The number of carbonyl (C=O) groups excluding carboxylic acids is 2. The zero-order valence-corrected chi connectivity index (χ0v) is 16.8. The van der Waals surface area contributed by atoms with Gasteiger partial charge in [-0.3, -0.25) is 4.90 Å². The van der Waals surface area contributed by atoms with Crippen LogP contribution in [0, 0.1) is 0 Å². The van der Waals surface area contributed by atoms with Gasteiger partial charge in [-0.2, -0.15) is 0 Å². The first-order chi connectivity index (χ1) is 13.7. The third-order valence-corrected chi connectivity index (χ3v) is 5.41. The number of rotatable bonds is 8. The fourth-order valence-electron chi connectivity index (χ4n) is 3.18. The molecule has 148 valence electrons. The van der Waals surface area contributed by atoms with E-state index in [1.807, 2.05) is 49.4 Å². The van der Waals surface area contributed by atoms with E-state index in [1.165, 1.54) is 0 Å². The molecule has 0 fully saturated rings. The molecule has 0 unspecified atom stereocenters. The highest BCUT2D eigenvalue weighted by molar-refractivity contribution is 7.98. The highest BCUT2D eigenvalue weighted by Crippen LogP contribution is 2.33. The molecule has 0 radical (unpaired) electrons. The Morgan fingerprint density at radius 1 is 1.18 bits per heavy atom. The van der Waals surface area contributed by atoms with E-state index in [2.05, 4.69) is 5.32 Å². The maximum atomic E-state index is 12.9. The number of esters is 1. The van der Waals surface area contributed by atoms with Crippen molar-refractivity contribution in [2.75, 3.05) is 18.9 Å². The van der Waals surface area contributed by atoms with Crippen LogP contribution in [0.25, 0.3) is 0 Å². The van der Waals surface area contributed by atoms with Crippen LogP contribution in [0.2, 0.25) is 0 Å². The second-order valence-corrected chi connectivity index (χ2v) is 7.18. The molecule has 2 aromatic rings. The van der Waals surface area contributed by atoms with Crippen molar-refractivity contribution >= 4 is 23.8 Å². The summed E-state index contributed by atoms with van der Waals surface area (Å²) < 4.78 is 10.7. The number of nitrogens with one attached hydrogen (secondary N) is 1. The van der Waals surface area contributed by atoms with Crippen molar-refractivity contribution in [3.8, 4) is 0 Å². The Labute approximate surface area is 168 Å². The first-order valence-electron chi connectivity index (χ1n) is 9.29. The molecule has 2 heterocycles. The Balaban J connectivity index is 1.97. The van der Waals surface area contributed by atoms with E-state index >= 15 is 0 Å². The number of ether oxygens (including phenoxy) is 1. The second-order valence-electron chi connectivity index (χ2n) is 6.19. The zero-order valence-electron chi connectivity index (χ0n) is 16.0. The maximum absolute atomic E-state index is 12.9. The fraction of sp³-hybridized carbons (Fsp3) is 0.333. The summed E-state index contributed by atoms with van der Waals surface area (Å²) >= 11 is 1.59. The van der Waals surface area contributed by atoms with Gasteiger partial charge in [-0.15, -0.1) is 11.8 Å². The van der Waals surface area contributed by atoms with Crippen LogP contribution in [0.3, 0.4) is 0 Å². The van der Waals surface area contributed by atoms with Gasteiger partial charge >= 0.3 is 12.0 Å². The normalized spacial score (nSPS) is 16.9. The van der Waals surface area contributed by atoms with E-state index in [4.69, 9.17) is 9.15 Å². The number of nitrogens with zero attached hydrogens (tertiary/aromatic N) is 1. The van der Waals surface area contributed by atoms with Crippen molar-refractivity contribution in [1.82, 2.24) is 10.2 Å². The molecule has 1 aliphatic heterocycles. The predicted molar refractivity (Wildman–Crippen MR) is 109 cm³/mol. The lowest BCUT2D eigenvalue weighted by Gasteiger charge is -2.36. The molecule has 1 aromatic carbocycles. The Morgan fingerprint density at radius 2 is 1.96 bits per heavy atom. The van der Waals surface area contributed by atoms with Gasteiger partial charge in [0.05, 0.1) is 30.2 Å². The summed E-state index contributed by atoms with van der Waals surface area (Å²) in [6.45, 7) is 4.41. The van der Waals surface area contributed by atoms with Gasteiger partial charge in [0.15, 0.2) is 0 Å². The van der Waals surface area contributed by atoms with Crippen LogP contribution < -0.4 is 5.32 Å². The minimum absolute atomic E-state index is 0.210. The molecule has 6 nitrogen and oxygen atoms in total. The minimum atomic E-state index is -0.533. The standard InChI is InChI=1S/C21H24N2O4S/c1-3-23-17(14-28-13-16-11-8-12-27-16)18(20(24)26-4-2)19(22-21(23)25)15-9-6-5-7-10-15/h5-12,19H,3-4,13-14H2,1-2H3,(H,22,25)/t19-/m0/s1. The second kappa shape index (κ2) is 9.50. The molecule has 1 N–H and O–H groups in total. The average molecular weight is 401 g/mol. The summed E-state index contributed by atoms with van der Waals surface area (Å²) in [6.07, 6.45) is 1.64. The number of urea groups is 1. The van der Waals surface area contributed by atoms with Crippen molar-refractivity contribution in [1.29, 1.82) is 0 Å². The SMILES string of the molecule is CCOC(=O)C1=C(CSCc2ccco2)N(CC)C(=O)N[C@H]1c1ccccc1. The number of benzene rings is 1. The van der Waals surface area contributed by atoms with Crippen molar-refractivity contribution in [2.45, 2.75) is 25.6 Å². The first kappa shape index (κ1) is 20.1. The van der Waals surface area contributed by atoms with Crippen molar-refractivity contribution in [3.05, 3.63) is 71.3 Å². The third kappa shape index (κ3) is 4.42. The Bertz CT molecular complexity index is 833. The van der Waals surface area contributed by atoms with Gasteiger partial charge in [0.2, 0.25) is 0 Å². The lowest BCUT2D eigenvalue weighted by molar-refractivity contribution is -0.139. The van der Waals surface area contributed by atoms with E-state index in [9.17, 15) is 9.59 Å². The molecular weight excluding hydrogens is 376 g/mol. The van der Waals surface area contributed by atoms with Crippen LogP contribution in [-0.2, 0) is 15.3 Å². The summed E-state index contributed by atoms with van der Waals surface area (Å²) in [7, 11) is 0. The molecule has 7 heteroatoms. The van der Waals surface area contributed by atoms with E-state index in [0.717, 1.165) is 11.3 Å². The first-order valence-corrected chi connectivity index (χ1v) is 10.4. The topological polar surface area (TPSA) is 71.8 Å². The van der Waals surface area contributed by atoms with Gasteiger partial charge < -0.3 is 14.5 Å². The van der Waals surface area contributed by atoms with Crippen LogP contribution >= 0.6 is 11.8 Å². The van der Waals surface area contributed by atoms with Crippen LogP contribution in [-0.4, -0.2) is 35.8 Å². The van der Waals surface area contributed by atoms with Gasteiger partial charge in [-0.05, 0) is 31.5 Å². The molecule has 0 saturated heterocycles. The van der Waals surface area contributed by atoms with Crippen molar-refractivity contribution in [3.63, 3.8) is 0 Å². The molecule has 3 rings (SSSR count). The molecule has 0 aliphatic carbocycles. The maximum Gasteiger partial charge on any atom is 0.338 e. The number of carbonyl (C=O) groups is 2. The fourth-order valence-corrected chi connectivity index (χ4v) is 4.15. The molecule has 1 atom stereocenters. The number of thioether (sulfide) groups is 1. The number of amides is 2. The number of hydrogen-bond acceptors (Lipinski definition) is 5. The smallest absolute Gasteiger partial charge is 0.338 e. The third-order valence-electron chi connectivity index (χ3n) is 4.45. The van der Waals surface area contributed by atoms with Crippen LogP contribution in [0.5, 0.6) is 0 Å². The molecule has 28 heavy (non-hydrogen) atoms. The largest absolute Gasteiger partial charge is 0.468 e. The minimum Gasteiger partial charge on any atom is -0.468 e. The molecule has 0 bridgehead atoms. The quantitative estimate of drug-likeness (QED) is 0.675. The summed E-state index contributed by atoms with van der Waals surface area (Å²) in [6, 6.07) is 12.5. The lowest BCUT2D eigenvalue weighted by atomic mass is 9.95.